The fraction of sp³-hybridized carbons (Fsp3) is 0.750. The Hall–Kier alpha value is -0.120. The van der Waals surface area contributed by atoms with Crippen molar-refractivity contribution >= 4 is 8.30 Å². The minimum absolute atomic E-state index is 0.638. The second-order valence-electron chi connectivity index (χ2n) is 2.54. The third kappa shape index (κ3) is 4.94. The van der Waals surface area contributed by atoms with Crippen LogP contribution in [0.3, 0.4) is 0 Å². The van der Waals surface area contributed by atoms with Gasteiger partial charge in [-0.05, 0) is 6.66 Å². The van der Waals surface area contributed by atoms with Gasteiger partial charge in [0, 0.05) is 13.1 Å². The molecule has 0 rings (SSSR count). The van der Waals surface area contributed by atoms with Crippen molar-refractivity contribution in [3.05, 3.63) is 11.9 Å². The maximum atomic E-state index is 12.4. The van der Waals surface area contributed by atoms with E-state index >= 15 is 0 Å². The van der Waals surface area contributed by atoms with Crippen LogP contribution in [0.1, 0.15) is 13.8 Å². The molecular formula is C8H15F3NOP. The van der Waals surface area contributed by atoms with Crippen LogP contribution >= 0.6 is 8.30 Å². The molecule has 0 bridgehead atoms. The summed E-state index contributed by atoms with van der Waals surface area (Å²) >= 11 is 0. The Morgan fingerprint density at radius 3 is 2.07 bits per heavy atom. The first-order chi connectivity index (χ1) is 6.52. The van der Waals surface area contributed by atoms with E-state index in [9.17, 15) is 13.2 Å². The first-order valence-corrected chi connectivity index (χ1v) is 6.00. The summed E-state index contributed by atoms with van der Waals surface area (Å²) < 4.78 is 42.6. The van der Waals surface area contributed by atoms with Gasteiger partial charge in [0.15, 0.2) is 5.83 Å². The summed E-state index contributed by atoms with van der Waals surface area (Å²) in [6, 6.07) is 0. The SMILES string of the molecule is CCN(CC)P(C)OCC(F)=C(F)F. The Bertz CT molecular complexity index is 193. The van der Waals surface area contributed by atoms with E-state index in [2.05, 4.69) is 0 Å². The maximum Gasteiger partial charge on any atom is 0.303 e. The van der Waals surface area contributed by atoms with Crippen molar-refractivity contribution in [3.8, 4) is 0 Å². The molecule has 0 heterocycles. The van der Waals surface area contributed by atoms with Gasteiger partial charge in [-0.2, -0.15) is 8.78 Å². The molecular weight excluding hydrogens is 214 g/mol. The summed E-state index contributed by atoms with van der Waals surface area (Å²) in [6.45, 7) is 6.54. The molecule has 0 aromatic carbocycles. The first kappa shape index (κ1) is 13.9. The fourth-order valence-electron chi connectivity index (χ4n) is 0.908. The van der Waals surface area contributed by atoms with Gasteiger partial charge in [-0.3, -0.25) is 4.67 Å². The van der Waals surface area contributed by atoms with E-state index in [0.29, 0.717) is 0 Å². The molecule has 0 aromatic rings. The highest BCUT2D eigenvalue weighted by molar-refractivity contribution is 7.49. The number of hydrogen-bond acceptors (Lipinski definition) is 2. The van der Waals surface area contributed by atoms with E-state index in [1.807, 2.05) is 18.5 Å². The molecule has 0 aliphatic heterocycles. The zero-order valence-corrected chi connectivity index (χ0v) is 9.45. The number of nitrogens with zero attached hydrogens (tertiary/aromatic N) is 1. The normalized spacial score (nSPS) is 13.1. The van der Waals surface area contributed by atoms with Crippen LogP contribution in [0.2, 0.25) is 0 Å². The minimum Gasteiger partial charge on any atom is -0.337 e. The van der Waals surface area contributed by atoms with E-state index in [-0.39, 0.29) is 0 Å². The topological polar surface area (TPSA) is 12.5 Å². The van der Waals surface area contributed by atoms with Crippen molar-refractivity contribution in [1.29, 1.82) is 0 Å². The van der Waals surface area contributed by atoms with Gasteiger partial charge >= 0.3 is 6.08 Å². The summed E-state index contributed by atoms with van der Waals surface area (Å²) in [5.41, 5.74) is 0. The molecule has 0 fully saturated rings. The van der Waals surface area contributed by atoms with Crippen LogP contribution in [-0.2, 0) is 4.52 Å². The van der Waals surface area contributed by atoms with Crippen LogP contribution in [0.4, 0.5) is 13.2 Å². The van der Waals surface area contributed by atoms with Crippen LogP contribution < -0.4 is 0 Å². The van der Waals surface area contributed by atoms with Crippen LogP contribution in [0.5, 0.6) is 0 Å². The van der Waals surface area contributed by atoms with Crippen molar-refractivity contribution in [2.45, 2.75) is 13.8 Å². The highest BCUT2D eigenvalue weighted by atomic mass is 31.2. The van der Waals surface area contributed by atoms with Crippen molar-refractivity contribution in [2.24, 2.45) is 0 Å². The summed E-state index contributed by atoms with van der Waals surface area (Å²) in [5, 5.41) is 0. The van der Waals surface area contributed by atoms with E-state index in [4.69, 9.17) is 4.52 Å². The van der Waals surface area contributed by atoms with E-state index < -0.39 is 26.8 Å². The van der Waals surface area contributed by atoms with Gasteiger partial charge in [-0.1, -0.05) is 13.8 Å². The number of rotatable bonds is 6. The second kappa shape index (κ2) is 7.21. The molecule has 1 atom stereocenters. The molecule has 84 valence electrons. The standard InChI is InChI=1S/C8H15F3NOP/c1-4-12(5-2)14(3)13-6-7(9)8(10)11/h4-6H2,1-3H3. The quantitative estimate of drug-likeness (QED) is 0.647. The highest BCUT2D eigenvalue weighted by Crippen LogP contribution is 2.37. The van der Waals surface area contributed by atoms with E-state index in [1.165, 1.54) is 0 Å². The van der Waals surface area contributed by atoms with Crippen molar-refractivity contribution in [3.63, 3.8) is 0 Å². The molecule has 0 N–H and O–H groups in total. The van der Waals surface area contributed by atoms with Crippen LogP contribution in [0.15, 0.2) is 11.9 Å². The maximum absolute atomic E-state index is 12.4. The van der Waals surface area contributed by atoms with Gasteiger partial charge in [0.05, 0.1) is 0 Å². The Morgan fingerprint density at radius 1 is 1.21 bits per heavy atom. The van der Waals surface area contributed by atoms with Crippen LogP contribution in [0, 0.1) is 0 Å². The fourth-order valence-corrected chi connectivity index (χ4v) is 2.17. The molecule has 0 radical (unpaired) electrons. The van der Waals surface area contributed by atoms with Gasteiger partial charge < -0.3 is 4.52 Å². The van der Waals surface area contributed by atoms with Gasteiger partial charge in [0.2, 0.25) is 0 Å². The van der Waals surface area contributed by atoms with Gasteiger partial charge in [0.25, 0.3) is 0 Å². The lowest BCUT2D eigenvalue weighted by atomic mass is 10.6. The molecule has 0 aliphatic carbocycles. The van der Waals surface area contributed by atoms with Crippen LogP contribution in [-0.4, -0.2) is 31.0 Å². The van der Waals surface area contributed by atoms with E-state index in [0.717, 1.165) is 13.1 Å². The highest BCUT2D eigenvalue weighted by Gasteiger charge is 2.13. The zero-order chi connectivity index (χ0) is 11.1. The Kier molecular flexibility index (Phi) is 7.15. The lowest BCUT2D eigenvalue weighted by molar-refractivity contribution is 0.287. The monoisotopic (exact) mass is 229 g/mol. The molecule has 2 nitrogen and oxygen atoms in total. The Labute approximate surface area is 83.6 Å². The van der Waals surface area contributed by atoms with E-state index in [1.54, 1.807) is 6.66 Å². The predicted molar refractivity (Wildman–Crippen MR) is 52.1 cm³/mol. The molecule has 6 heteroatoms. The molecule has 0 amide bonds. The van der Waals surface area contributed by atoms with Crippen molar-refractivity contribution in [2.75, 3.05) is 26.4 Å². The van der Waals surface area contributed by atoms with Crippen molar-refractivity contribution < 1.29 is 17.7 Å². The molecule has 0 aliphatic rings. The zero-order valence-electron chi connectivity index (χ0n) is 8.56. The summed E-state index contributed by atoms with van der Waals surface area (Å²) in [7, 11) is -0.976. The predicted octanol–water partition coefficient (Wildman–Crippen LogP) is 3.36. The molecule has 0 aromatic heterocycles. The van der Waals surface area contributed by atoms with Crippen molar-refractivity contribution in [1.82, 2.24) is 4.67 Å². The average molecular weight is 229 g/mol. The third-order valence-electron chi connectivity index (χ3n) is 1.71. The molecule has 14 heavy (non-hydrogen) atoms. The minimum atomic E-state index is -2.30. The van der Waals surface area contributed by atoms with Gasteiger partial charge in [0.1, 0.15) is 14.9 Å². The Morgan fingerprint density at radius 2 is 1.71 bits per heavy atom. The smallest absolute Gasteiger partial charge is 0.303 e. The summed E-state index contributed by atoms with van der Waals surface area (Å²) in [5.74, 6) is -1.48. The molecule has 0 saturated heterocycles. The molecule has 0 spiro atoms. The number of halogens is 3. The largest absolute Gasteiger partial charge is 0.337 e. The lowest BCUT2D eigenvalue weighted by Gasteiger charge is -2.24. The summed E-state index contributed by atoms with van der Waals surface area (Å²) in [4.78, 5) is 0. The molecule has 1 unspecified atom stereocenters. The first-order valence-electron chi connectivity index (χ1n) is 4.34. The van der Waals surface area contributed by atoms with Gasteiger partial charge in [-0.25, -0.2) is 4.39 Å². The molecule has 0 saturated carbocycles. The van der Waals surface area contributed by atoms with Crippen LogP contribution in [0.25, 0.3) is 0 Å². The summed E-state index contributed by atoms with van der Waals surface area (Å²) in [6.07, 6.45) is -2.30. The average Bonchev–Trinajstić information content (AvgIpc) is 2.15. The van der Waals surface area contributed by atoms with Gasteiger partial charge in [-0.15, -0.1) is 0 Å². The third-order valence-corrected chi connectivity index (χ3v) is 3.58. The Balaban J connectivity index is 3.95. The second-order valence-corrected chi connectivity index (χ2v) is 4.29. The lowest BCUT2D eigenvalue weighted by Crippen LogP contribution is -2.17. The number of hydrogen-bond donors (Lipinski definition) is 0.